The molecule has 0 aromatic heterocycles. The highest BCUT2D eigenvalue weighted by Crippen LogP contribution is 2.40. The molecule has 4 heteroatoms. The maximum absolute atomic E-state index is 13.9. The molecule has 1 aliphatic rings. The summed E-state index contributed by atoms with van der Waals surface area (Å²) in [6, 6.07) is 3.22. The first kappa shape index (κ1) is 15.3. The van der Waals surface area contributed by atoms with Gasteiger partial charge < -0.3 is 0 Å². The second-order valence-corrected chi connectivity index (χ2v) is 6.09. The number of rotatable bonds is 3. The zero-order valence-corrected chi connectivity index (χ0v) is 11.9. The van der Waals surface area contributed by atoms with E-state index in [0.29, 0.717) is 36.8 Å². The highest BCUT2D eigenvalue weighted by atomic mass is 19.3. The van der Waals surface area contributed by atoms with E-state index in [1.807, 2.05) is 0 Å². The van der Waals surface area contributed by atoms with Gasteiger partial charge >= 0.3 is 0 Å². The zero-order valence-electron chi connectivity index (χ0n) is 11.9. The summed E-state index contributed by atoms with van der Waals surface area (Å²) in [5, 5.41) is 0. The number of halogens is 4. The van der Waals surface area contributed by atoms with Gasteiger partial charge in [0.15, 0.2) is 11.6 Å². The lowest BCUT2D eigenvalue weighted by molar-refractivity contribution is -0.00937. The maximum atomic E-state index is 13.9. The van der Waals surface area contributed by atoms with Gasteiger partial charge in [0.05, 0.1) is 0 Å². The second kappa shape index (κ2) is 5.74. The second-order valence-electron chi connectivity index (χ2n) is 6.09. The normalized spacial score (nSPS) is 23.9. The van der Waals surface area contributed by atoms with Crippen LogP contribution in [0.25, 0.3) is 0 Å². The fraction of sp³-hybridized carbons (Fsp3) is 0.625. The van der Waals surface area contributed by atoms with E-state index in [0.717, 1.165) is 6.92 Å². The topological polar surface area (TPSA) is 0 Å². The molecule has 1 fully saturated rings. The van der Waals surface area contributed by atoms with E-state index in [1.54, 1.807) is 12.1 Å². The van der Waals surface area contributed by atoms with Gasteiger partial charge in [-0.1, -0.05) is 12.1 Å². The van der Waals surface area contributed by atoms with E-state index in [-0.39, 0.29) is 18.3 Å². The van der Waals surface area contributed by atoms with Crippen LogP contribution in [0.3, 0.4) is 0 Å². The zero-order chi connectivity index (χ0) is 14.9. The molecule has 112 valence electrons. The molecule has 0 spiro atoms. The van der Waals surface area contributed by atoms with Crippen molar-refractivity contribution >= 4 is 0 Å². The average Bonchev–Trinajstić information content (AvgIpc) is 2.36. The van der Waals surface area contributed by atoms with Crippen LogP contribution in [0, 0.1) is 24.5 Å². The standard InChI is InChI=1S/C16H20F4/c1-10-3-8-13(15(18)14(10)17)12-6-4-11(5-7-12)9-16(2,19)20/h3,8,11-12H,4-7,9H2,1-2H3. The van der Waals surface area contributed by atoms with Crippen LogP contribution >= 0.6 is 0 Å². The van der Waals surface area contributed by atoms with Crippen molar-refractivity contribution in [3.05, 3.63) is 34.9 Å². The van der Waals surface area contributed by atoms with E-state index in [1.165, 1.54) is 6.92 Å². The van der Waals surface area contributed by atoms with Gasteiger partial charge in [-0.3, -0.25) is 0 Å². The molecule has 2 rings (SSSR count). The monoisotopic (exact) mass is 288 g/mol. The Kier molecular flexibility index (Phi) is 4.40. The van der Waals surface area contributed by atoms with Crippen LogP contribution in [0.1, 0.15) is 56.1 Å². The van der Waals surface area contributed by atoms with Crippen LogP contribution in [0.4, 0.5) is 17.6 Å². The van der Waals surface area contributed by atoms with Crippen molar-refractivity contribution in [1.29, 1.82) is 0 Å². The van der Waals surface area contributed by atoms with E-state index < -0.39 is 17.6 Å². The van der Waals surface area contributed by atoms with Crippen molar-refractivity contribution in [2.45, 2.75) is 57.8 Å². The Morgan fingerprint density at radius 2 is 1.65 bits per heavy atom. The number of alkyl halides is 2. The quantitative estimate of drug-likeness (QED) is 0.636. The van der Waals surface area contributed by atoms with Crippen molar-refractivity contribution in [2.75, 3.05) is 0 Å². The lowest BCUT2D eigenvalue weighted by atomic mass is 9.76. The fourth-order valence-corrected chi connectivity index (χ4v) is 3.16. The molecule has 1 aromatic rings. The Morgan fingerprint density at radius 1 is 1.05 bits per heavy atom. The van der Waals surface area contributed by atoms with Gasteiger partial charge in [-0.15, -0.1) is 0 Å². The molecule has 0 atom stereocenters. The third-order valence-electron chi connectivity index (χ3n) is 4.24. The van der Waals surface area contributed by atoms with E-state index in [9.17, 15) is 17.6 Å². The van der Waals surface area contributed by atoms with Crippen LogP contribution in [0.15, 0.2) is 12.1 Å². The van der Waals surface area contributed by atoms with Gasteiger partial charge in [0, 0.05) is 6.42 Å². The highest BCUT2D eigenvalue weighted by Gasteiger charge is 2.31. The smallest absolute Gasteiger partial charge is 0.207 e. The summed E-state index contributed by atoms with van der Waals surface area (Å²) < 4.78 is 53.4. The SMILES string of the molecule is Cc1ccc(C2CCC(CC(C)(F)F)CC2)c(F)c1F. The lowest BCUT2D eigenvalue weighted by Gasteiger charge is -2.30. The van der Waals surface area contributed by atoms with Crippen LogP contribution < -0.4 is 0 Å². The van der Waals surface area contributed by atoms with Crippen LogP contribution in [-0.4, -0.2) is 5.92 Å². The molecule has 20 heavy (non-hydrogen) atoms. The van der Waals surface area contributed by atoms with E-state index >= 15 is 0 Å². The predicted molar refractivity (Wildman–Crippen MR) is 71.0 cm³/mol. The minimum absolute atomic E-state index is 0.00962. The third kappa shape index (κ3) is 3.53. The molecule has 1 aliphatic carbocycles. The number of hydrogen-bond donors (Lipinski definition) is 0. The first-order valence-corrected chi connectivity index (χ1v) is 7.10. The summed E-state index contributed by atoms with van der Waals surface area (Å²) in [5.74, 6) is -4.26. The van der Waals surface area contributed by atoms with Crippen LogP contribution in [-0.2, 0) is 0 Å². The van der Waals surface area contributed by atoms with Crippen molar-refractivity contribution in [2.24, 2.45) is 5.92 Å². The molecule has 0 saturated heterocycles. The fourth-order valence-electron chi connectivity index (χ4n) is 3.16. The Bertz CT molecular complexity index is 468. The van der Waals surface area contributed by atoms with E-state index in [2.05, 4.69) is 0 Å². The van der Waals surface area contributed by atoms with Gasteiger partial charge in [-0.25, -0.2) is 17.6 Å². The Labute approximate surface area is 117 Å². The first-order chi connectivity index (χ1) is 9.28. The molecule has 0 unspecified atom stereocenters. The van der Waals surface area contributed by atoms with Gasteiger partial charge in [0.25, 0.3) is 0 Å². The predicted octanol–water partition coefficient (Wildman–Crippen LogP) is 5.59. The number of hydrogen-bond acceptors (Lipinski definition) is 0. The molecule has 0 N–H and O–H groups in total. The van der Waals surface area contributed by atoms with E-state index in [4.69, 9.17) is 0 Å². The molecule has 0 radical (unpaired) electrons. The van der Waals surface area contributed by atoms with Crippen LogP contribution in [0.5, 0.6) is 0 Å². The summed E-state index contributed by atoms with van der Waals surface area (Å²) in [5.41, 5.74) is 0.695. The van der Waals surface area contributed by atoms with Gasteiger partial charge in [0.2, 0.25) is 5.92 Å². The summed E-state index contributed by atoms with van der Waals surface area (Å²) in [6.07, 6.45) is 2.51. The van der Waals surface area contributed by atoms with Gasteiger partial charge in [-0.05, 0) is 62.5 Å². The van der Waals surface area contributed by atoms with Crippen molar-refractivity contribution < 1.29 is 17.6 Å². The molecule has 1 saturated carbocycles. The lowest BCUT2D eigenvalue weighted by Crippen LogP contribution is -2.21. The molecular formula is C16H20F4. The summed E-state index contributed by atoms with van der Waals surface area (Å²) in [4.78, 5) is 0. The van der Waals surface area contributed by atoms with Gasteiger partial charge in [-0.2, -0.15) is 0 Å². The number of aryl methyl sites for hydroxylation is 1. The summed E-state index contributed by atoms with van der Waals surface area (Å²) >= 11 is 0. The maximum Gasteiger partial charge on any atom is 0.245 e. The molecule has 1 aromatic carbocycles. The van der Waals surface area contributed by atoms with Gasteiger partial charge in [0.1, 0.15) is 0 Å². The molecule has 0 amide bonds. The third-order valence-corrected chi connectivity index (χ3v) is 4.24. The summed E-state index contributed by atoms with van der Waals surface area (Å²) in [7, 11) is 0. The highest BCUT2D eigenvalue weighted by molar-refractivity contribution is 5.28. The minimum atomic E-state index is -2.64. The van der Waals surface area contributed by atoms with Crippen molar-refractivity contribution in [1.82, 2.24) is 0 Å². The summed E-state index contributed by atoms with van der Waals surface area (Å²) in [6.45, 7) is 2.47. The first-order valence-electron chi connectivity index (χ1n) is 7.10. The Hall–Kier alpha value is -1.06. The molecule has 0 nitrogen and oxygen atoms in total. The van der Waals surface area contributed by atoms with Crippen LogP contribution in [0.2, 0.25) is 0 Å². The largest absolute Gasteiger partial charge is 0.245 e. The minimum Gasteiger partial charge on any atom is -0.207 e. The molecule has 0 aliphatic heterocycles. The average molecular weight is 288 g/mol. The molecule has 0 bridgehead atoms. The van der Waals surface area contributed by atoms with Crippen molar-refractivity contribution in [3.63, 3.8) is 0 Å². The Balaban J connectivity index is 2.03. The molecular weight excluding hydrogens is 268 g/mol. The molecule has 0 heterocycles. The Morgan fingerprint density at radius 3 is 2.20 bits per heavy atom. The number of benzene rings is 1. The van der Waals surface area contributed by atoms with Crippen molar-refractivity contribution in [3.8, 4) is 0 Å².